The second-order valence-corrected chi connectivity index (χ2v) is 4.75. The van der Waals surface area contributed by atoms with E-state index in [1.807, 2.05) is 18.2 Å². The normalized spacial score (nSPS) is 10.1. The Morgan fingerprint density at radius 2 is 2.00 bits per heavy atom. The van der Waals surface area contributed by atoms with Crippen LogP contribution in [0.5, 0.6) is 0 Å². The number of halogens is 2. The Balaban J connectivity index is 2.23. The SMILES string of the molecule is Nc1ccc(Nc2ccc(I)cc2Cl)nn1. The van der Waals surface area contributed by atoms with Crippen LogP contribution in [0, 0.1) is 3.57 Å². The maximum absolute atomic E-state index is 6.07. The van der Waals surface area contributed by atoms with Crippen LogP contribution in [0.2, 0.25) is 5.02 Å². The number of nitrogen functional groups attached to an aromatic ring is 1. The molecule has 1 aromatic heterocycles. The van der Waals surface area contributed by atoms with Crippen LogP contribution in [-0.4, -0.2) is 10.2 Å². The van der Waals surface area contributed by atoms with Crippen LogP contribution in [-0.2, 0) is 0 Å². The fourth-order valence-corrected chi connectivity index (χ4v) is 2.04. The van der Waals surface area contributed by atoms with Crippen molar-refractivity contribution in [2.75, 3.05) is 11.1 Å². The van der Waals surface area contributed by atoms with Crippen LogP contribution >= 0.6 is 34.2 Å². The third-order valence-corrected chi connectivity index (χ3v) is 2.86. The van der Waals surface area contributed by atoms with Crippen molar-refractivity contribution in [1.29, 1.82) is 0 Å². The average molecular weight is 347 g/mol. The molecule has 0 aliphatic heterocycles. The van der Waals surface area contributed by atoms with Gasteiger partial charge >= 0.3 is 0 Å². The van der Waals surface area contributed by atoms with Crippen molar-refractivity contribution in [2.24, 2.45) is 0 Å². The van der Waals surface area contributed by atoms with Crippen molar-refractivity contribution in [2.45, 2.75) is 0 Å². The van der Waals surface area contributed by atoms with Crippen LogP contribution in [0.1, 0.15) is 0 Å². The van der Waals surface area contributed by atoms with Gasteiger partial charge in [0.05, 0.1) is 10.7 Å². The van der Waals surface area contributed by atoms with Crippen LogP contribution in [0.25, 0.3) is 0 Å². The molecular weight excluding hydrogens is 338 g/mol. The van der Waals surface area contributed by atoms with E-state index in [-0.39, 0.29) is 0 Å². The molecule has 1 aromatic carbocycles. The third-order valence-electron chi connectivity index (χ3n) is 1.88. The van der Waals surface area contributed by atoms with Crippen molar-refractivity contribution < 1.29 is 0 Å². The molecule has 0 unspecified atom stereocenters. The van der Waals surface area contributed by atoms with E-state index in [1.165, 1.54) is 0 Å². The highest BCUT2D eigenvalue weighted by atomic mass is 127. The lowest BCUT2D eigenvalue weighted by Gasteiger charge is -2.07. The van der Waals surface area contributed by atoms with Gasteiger partial charge < -0.3 is 11.1 Å². The number of nitrogens with zero attached hydrogens (tertiary/aromatic N) is 2. The Labute approximate surface area is 111 Å². The summed E-state index contributed by atoms with van der Waals surface area (Å²) in [6.45, 7) is 0. The van der Waals surface area contributed by atoms with E-state index >= 15 is 0 Å². The fourth-order valence-electron chi connectivity index (χ4n) is 1.14. The number of benzene rings is 1. The minimum absolute atomic E-state index is 0.388. The highest BCUT2D eigenvalue weighted by Crippen LogP contribution is 2.26. The number of anilines is 3. The van der Waals surface area contributed by atoms with Gasteiger partial charge in [0.2, 0.25) is 0 Å². The lowest BCUT2D eigenvalue weighted by atomic mass is 10.3. The van der Waals surface area contributed by atoms with Crippen molar-refractivity contribution >= 4 is 51.5 Å². The molecule has 2 aromatic rings. The molecule has 16 heavy (non-hydrogen) atoms. The standard InChI is InChI=1S/C10H8ClIN4/c11-7-5-6(12)1-2-8(7)14-10-4-3-9(13)15-16-10/h1-5H,(H2,13,15)(H,14,16). The molecule has 6 heteroatoms. The minimum Gasteiger partial charge on any atom is -0.382 e. The Hall–Kier alpha value is -1.08. The van der Waals surface area contributed by atoms with E-state index in [2.05, 4.69) is 38.1 Å². The summed E-state index contributed by atoms with van der Waals surface area (Å²) in [7, 11) is 0. The third kappa shape index (κ3) is 2.73. The van der Waals surface area contributed by atoms with Gasteiger partial charge in [-0.3, -0.25) is 0 Å². The molecule has 0 bridgehead atoms. The molecule has 82 valence electrons. The van der Waals surface area contributed by atoms with Gasteiger partial charge in [0, 0.05) is 3.57 Å². The summed E-state index contributed by atoms with van der Waals surface area (Å²) in [6, 6.07) is 9.14. The Kier molecular flexibility index (Phi) is 3.45. The first kappa shape index (κ1) is 11.4. The molecule has 0 spiro atoms. The molecule has 0 aliphatic rings. The van der Waals surface area contributed by atoms with E-state index in [0.717, 1.165) is 9.26 Å². The molecule has 1 heterocycles. The second kappa shape index (κ2) is 4.84. The molecule has 0 fully saturated rings. The molecule has 0 radical (unpaired) electrons. The predicted octanol–water partition coefficient (Wildman–Crippen LogP) is 3.06. The first-order chi connectivity index (χ1) is 7.65. The van der Waals surface area contributed by atoms with Crippen LogP contribution in [0.4, 0.5) is 17.3 Å². The Morgan fingerprint density at radius 3 is 2.62 bits per heavy atom. The minimum atomic E-state index is 0.388. The zero-order chi connectivity index (χ0) is 11.5. The van der Waals surface area contributed by atoms with Gasteiger partial charge in [0.15, 0.2) is 5.82 Å². The number of rotatable bonds is 2. The van der Waals surface area contributed by atoms with Crippen molar-refractivity contribution in [3.8, 4) is 0 Å². The summed E-state index contributed by atoms with van der Waals surface area (Å²) in [5, 5.41) is 11.3. The van der Waals surface area contributed by atoms with Gasteiger partial charge in [-0.2, -0.15) is 0 Å². The van der Waals surface area contributed by atoms with Gasteiger partial charge in [-0.25, -0.2) is 0 Å². The van der Waals surface area contributed by atoms with E-state index in [0.29, 0.717) is 16.7 Å². The number of hydrogen-bond acceptors (Lipinski definition) is 4. The quantitative estimate of drug-likeness (QED) is 0.820. The van der Waals surface area contributed by atoms with Gasteiger partial charge in [0.1, 0.15) is 5.82 Å². The first-order valence-electron chi connectivity index (χ1n) is 4.46. The predicted molar refractivity (Wildman–Crippen MR) is 73.9 cm³/mol. The molecule has 0 aliphatic carbocycles. The molecule has 2 rings (SSSR count). The number of hydrogen-bond donors (Lipinski definition) is 2. The highest BCUT2D eigenvalue weighted by molar-refractivity contribution is 14.1. The van der Waals surface area contributed by atoms with E-state index < -0.39 is 0 Å². The lowest BCUT2D eigenvalue weighted by Crippen LogP contribution is -1.98. The molecule has 0 atom stereocenters. The van der Waals surface area contributed by atoms with E-state index in [4.69, 9.17) is 17.3 Å². The zero-order valence-electron chi connectivity index (χ0n) is 8.11. The Bertz CT molecular complexity index is 501. The summed E-state index contributed by atoms with van der Waals surface area (Å²) in [5.74, 6) is 0.997. The van der Waals surface area contributed by atoms with Crippen molar-refractivity contribution in [1.82, 2.24) is 10.2 Å². The van der Waals surface area contributed by atoms with Crippen molar-refractivity contribution in [3.05, 3.63) is 38.9 Å². The fraction of sp³-hybridized carbons (Fsp3) is 0. The van der Waals surface area contributed by atoms with Crippen molar-refractivity contribution in [3.63, 3.8) is 0 Å². The van der Waals surface area contributed by atoms with Gasteiger partial charge in [-0.1, -0.05) is 11.6 Å². The molecule has 0 saturated heterocycles. The molecule has 0 amide bonds. The average Bonchev–Trinajstić information content (AvgIpc) is 2.25. The number of aromatic nitrogens is 2. The van der Waals surface area contributed by atoms with Gasteiger partial charge in [-0.15, -0.1) is 10.2 Å². The summed E-state index contributed by atoms with van der Waals surface area (Å²) >= 11 is 8.27. The van der Waals surface area contributed by atoms with E-state index in [9.17, 15) is 0 Å². The van der Waals surface area contributed by atoms with E-state index in [1.54, 1.807) is 12.1 Å². The maximum atomic E-state index is 6.07. The van der Waals surface area contributed by atoms with Crippen LogP contribution < -0.4 is 11.1 Å². The Morgan fingerprint density at radius 1 is 1.19 bits per heavy atom. The van der Waals surface area contributed by atoms with Crippen LogP contribution in [0.3, 0.4) is 0 Å². The van der Waals surface area contributed by atoms with Crippen LogP contribution in [0.15, 0.2) is 30.3 Å². The topological polar surface area (TPSA) is 63.8 Å². The van der Waals surface area contributed by atoms with Gasteiger partial charge in [0.25, 0.3) is 0 Å². The number of nitrogens with two attached hydrogens (primary N) is 1. The second-order valence-electron chi connectivity index (χ2n) is 3.09. The maximum Gasteiger partial charge on any atom is 0.153 e. The van der Waals surface area contributed by atoms with Gasteiger partial charge in [-0.05, 0) is 52.9 Å². The lowest BCUT2D eigenvalue weighted by molar-refractivity contribution is 1.05. The smallest absolute Gasteiger partial charge is 0.153 e. The summed E-state index contributed by atoms with van der Waals surface area (Å²) < 4.78 is 1.08. The zero-order valence-corrected chi connectivity index (χ0v) is 11.0. The first-order valence-corrected chi connectivity index (χ1v) is 5.92. The molecular formula is C10H8ClIN4. The molecule has 0 saturated carbocycles. The molecule has 4 nitrogen and oxygen atoms in total. The summed E-state index contributed by atoms with van der Waals surface area (Å²) in [6.07, 6.45) is 0. The summed E-state index contributed by atoms with van der Waals surface area (Å²) in [4.78, 5) is 0. The largest absolute Gasteiger partial charge is 0.382 e. The monoisotopic (exact) mass is 346 g/mol. The number of nitrogens with one attached hydrogen (secondary N) is 1. The molecule has 3 N–H and O–H groups in total. The summed E-state index contributed by atoms with van der Waals surface area (Å²) in [5.41, 5.74) is 6.23. The highest BCUT2D eigenvalue weighted by Gasteiger charge is 2.02.